The summed E-state index contributed by atoms with van der Waals surface area (Å²) in [6.07, 6.45) is 0. The Bertz CT molecular complexity index is 170. The maximum absolute atomic E-state index is 9.68. The molecule has 4 radical (unpaired) electrons. The SMILES string of the molecule is O=P(O)(O)OOP(=O)(O)O.[K].[K].[K].[K]. The van der Waals surface area contributed by atoms with E-state index in [1.54, 1.807) is 0 Å². The molecule has 8 nitrogen and oxygen atoms in total. The van der Waals surface area contributed by atoms with Gasteiger partial charge in [0.05, 0.1) is 0 Å². The third-order valence-electron chi connectivity index (χ3n) is 0.228. The summed E-state index contributed by atoms with van der Waals surface area (Å²) in [4.78, 5) is 31.2. The molecular formula is H4K4O8P2. The molecule has 0 aromatic heterocycles. The topological polar surface area (TPSA) is 134 Å². The van der Waals surface area contributed by atoms with Crippen molar-refractivity contribution in [2.45, 2.75) is 0 Å². The number of hydrogen-bond donors (Lipinski definition) is 4. The predicted molar refractivity (Wildman–Crippen MR) is 49.3 cm³/mol. The van der Waals surface area contributed by atoms with Gasteiger partial charge in [-0.05, 0) is 0 Å². The molecule has 0 saturated carbocycles. The second kappa shape index (κ2) is 16.1. The molecule has 0 aliphatic carbocycles. The summed E-state index contributed by atoms with van der Waals surface area (Å²) in [5.41, 5.74) is 0. The Morgan fingerprint density at radius 2 is 0.786 bits per heavy atom. The fourth-order valence-electron chi connectivity index (χ4n) is 0.0868. The average Bonchev–Trinajstić information content (AvgIpc) is 1.57. The Morgan fingerprint density at radius 1 is 0.643 bits per heavy atom. The smallest absolute Gasteiger partial charge is 0.301 e. The number of rotatable bonds is 3. The fourth-order valence-corrected chi connectivity index (χ4v) is 0.782. The largest absolute Gasteiger partial charge is 0.497 e. The van der Waals surface area contributed by atoms with Gasteiger partial charge in [-0.25, -0.2) is 9.13 Å². The summed E-state index contributed by atoms with van der Waals surface area (Å²) in [5.74, 6) is 0. The van der Waals surface area contributed by atoms with E-state index < -0.39 is 15.6 Å². The van der Waals surface area contributed by atoms with Crippen molar-refractivity contribution >= 4 is 221 Å². The van der Waals surface area contributed by atoms with Crippen LogP contribution in [0.5, 0.6) is 0 Å². The quantitative estimate of drug-likeness (QED) is 0.192. The van der Waals surface area contributed by atoms with E-state index in [4.69, 9.17) is 19.6 Å². The predicted octanol–water partition coefficient (Wildman–Crippen LogP) is -2.40. The first kappa shape index (κ1) is 32.6. The monoisotopic (exact) mass is 350 g/mol. The summed E-state index contributed by atoms with van der Waals surface area (Å²) in [6, 6.07) is 0. The van der Waals surface area contributed by atoms with E-state index in [0.717, 1.165) is 0 Å². The molecule has 0 aromatic carbocycles. The molecule has 0 amide bonds. The van der Waals surface area contributed by atoms with Gasteiger partial charge in [-0.2, -0.15) is 0 Å². The Hall–Kier alpha value is 6.77. The van der Waals surface area contributed by atoms with Gasteiger partial charge in [0.2, 0.25) is 0 Å². The van der Waals surface area contributed by atoms with Gasteiger partial charge in [-0.3, -0.25) is 0 Å². The Kier molecular flexibility index (Phi) is 37.6. The summed E-state index contributed by atoms with van der Waals surface area (Å²) in [6.45, 7) is 0. The summed E-state index contributed by atoms with van der Waals surface area (Å²) in [7, 11) is -9.95. The summed E-state index contributed by atoms with van der Waals surface area (Å²) < 4.78 is 25.4. The third-order valence-corrected chi connectivity index (χ3v) is 0.883. The molecular weight excluding hydrogens is 346 g/mol. The van der Waals surface area contributed by atoms with Crippen LogP contribution in [0.2, 0.25) is 0 Å². The Balaban J connectivity index is -0.0000000675. The molecule has 0 aromatic rings. The van der Waals surface area contributed by atoms with Gasteiger partial charge in [0, 0.05) is 206 Å². The van der Waals surface area contributed by atoms with Crippen molar-refractivity contribution in [2.24, 2.45) is 0 Å². The maximum atomic E-state index is 9.68. The van der Waals surface area contributed by atoms with Gasteiger partial charge in [-0.1, -0.05) is 0 Å². The van der Waals surface area contributed by atoms with Gasteiger partial charge >= 0.3 is 15.6 Å². The minimum atomic E-state index is -4.98. The normalized spacial score (nSPS) is 9.71. The molecule has 0 fully saturated rings. The average molecular weight is 350 g/mol. The van der Waals surface area contributed by atoms with Gasteiger partial charge < -0.3 is 19.6 Å². The number of phosphoric acid groups is 2. The van der Waals surface area contributed by atoms with Crippen LogP contribution >= 0.6 is 15.6 Å². The van der Waals surface area contributed by atoms with Crippen molar-refractivity contribution in [2.75, 3.05) is 0 Å². The van der Waals surface area contributed by atoms with E-state index in [0.29, 0.717) is 0 Å². The van der Waals surface area contributed by atoms with E-state index in [-0.39, 0.29) is 206 Å². The minimum absolute atomic E-state index is 0. The van der Waals surface area contributed by atoms with E-state index in [1.165, 1.54) is 0 Å². The molecule has 0 spiro atoms. The van der Waals surface area contributed by atoms with Gasteiger partial charge in [0.1, 0.15) is 0 Å². The molecule has 14 heteroatoms. The zero-order valence-electron chi connectivity index (χ0n) is 8.32. The standard InChI is InChI=1S/4K.H4O8P2/c;;;;1-9(2,3)7-8-10(4,5)6/h;;;;(H2,1,2,3)(H2,4,5,6). The molecule has 66 valence electrons. The first-order valence-corrected chi connectivity index (χ1v) is 4.76. The van der Waals surface area contributed by atoms with Crippen LogP contribution in [0.25, 0.3) is 0 Å². The van der Waals surface area contributed by atoms with Gasteiger partial charge in [-0.15, -0.1) is 9.35 Å². The maximum Gasteiger partial charge on any atom is 0.497 e. The second-order valence-corrected chi connectivity index (χ2v) is 3.39. The zero-order chi connectivity index (χ0) is 8.41. The summed E-state index contributed by atoms with van der Waals surface area (Å²) >= 11 is 0. The molecule has 0 rings (SSSR count). The van der Waals surface area contributed by atoms with Crippen molar-refractivity contribution < 1.29 is 38.1 Å². The van der Waals surface area contributed by atoms with Crippen molar-refractivity contribution in [1.82, 2.24) is 0 Å². The second-order valence-electron chi connectivity index (χ2n) is 1.13. The van der Waals surface area contributed by atoms with Crippen LogP contribution in [0.1, 0.15) is 0 Å². The van der Waals surface area contributed by atoms with Crippen LogP contribution in [0.15, 0.2) is 0 Å². The minimum Gasteiger partial charge on any atom is -0.301 e. The molecule has 4 N–H and O–H groups in total. The van der Waals surface area contributed by atoms with Crippen molar-refractivity contribution in [3.63, 3.8) is 0 Å². The van der Waals surface area contributed by atoms with Crippen LogP contribution in [0.3, 0.4) is 0 Å². The van der Waals surface area contributed by atoms with E-state index in [9.17, 15) is 9.13 Å². The third kappa shape index (κ3) is 31.3. The van der Waals surface area contributed by atoms with Crippen LogP contribution in [-0.2, 0) is 18.5 Å². The van der Waals surface area contributed by atoms with E-state index in [1.807, 2.05) is 0 Å². The Morgan fingerprint density at radius 3 is 0.857 bits per heavy atom. The van der Waals surface area contributed by atoms with Crippen LogP contribution < -0.4 is 0 Å². The molecule has 0 bridgehead atoms. The molecule has 0 unspecified atom stereocenters. The van der Waals surface area contributed by atoms with Crippen LogP contribution in [0, 0.1) is 0 Å². The molecule has 14 heavy (non-hydrogen) atoms. The fraction of sp³-hybridized carbons (Fsp3) is 0. The molecule has 0 saturated heterocycles. The summed E-state index contributed by atoms with van der Waals surface area (Å²) in [5, 5.41) is 0. The van der Waals surface area contributed by atoms with Crippen LogP contribution in [-0.4, -0.2) is 225 Å². The van der Waals surface area contributed by atoms with Crippen molar-refractivity contribution in [1.29, 1.82) is 0 Å². The first-order valence-electron chi connectivity index (χ1n) is 1.70. The van der Waals surface area contributed by atoms with Crippen LogP contribution in [0.4, 0.5) is 0 Å². The van der Waals surface area contributed by atoms with Gasteiger partial charge in [0.15, 0.2) is 0 Å². The molecule has 0 aliphatic rings. The van der Waals surface area contributed by atoms with Gasteiger partial charge in [0.25, 0.3) is 0 Å². The van der Waals surface area contributed by atoms with E-state index in [2.05, 4.69) is 9.35 Å². The van der Waals surface area contributed by atoms with E-state index >= 15 is 0 Å². The number of hydrogen-bond acceptors (Lipinski definition) is 4. The molecule has 0 atom stereocenters. The Labute approximate surface area is 250 Å². The van der Waals surface area contributed by atoms with Crippen molar-refractivity contribution in [3.8, 4) is 0 Å². The molecule has 0 aliphatic heterocycles. The zero-order valence-corrected chi connectivity index (χ0v) is 22.6. The van der Waals surface area contributed by atoms with Crippen molar-refractivity contribution in [3.05, 3.63) is 0 Å². The molecule has 0 heterocycles. The first-order chi connectivity index (χ1) is 4.21.